The number of fused-ring (bicyclic) bond motifs is 1. The minimum atomic E-state index is -0.410. The molecule has 28 heavy (non-hydrogen) atoms. The van der Waals surface area contributed by atoms with Crippen molar-refractivity contribution in [3.63, 3.8) is 0 Å². The first-order chi connectivity index (χ1) is 13.5. The van der Waals surface area contributed by atoms with Crippen LogP contribution in [-0.2, 0) is 28.8 Å². The quantitative estimate of drug-likeness (QED) is 0.540. The molecule has 0 aromatic carbocycles. The third-order valence-electron chi connectivity index (χ3n) is 4.71. The molecular formula is C21H25NO4S2. The van der Waals surface area contributed by atoms with Gasteiger partial charge in [0.1, 0.15) is 4.88 Å². The number of hydrogen-bond donors (Lipinski definition) is 1. The van der Waals surface area contributed by atoms with Crippen molar-refractivity contribution in [1.29, 1.82) is 0 Å². The SMILES string of the molecule is CC(=O)NCCc1ccc(C(=O)COC(=O)c2cc3c(s2)CCCCCC3)s1. The van der Waals surface area contributed by atoms with Crippen LogP contribution < -0.4 is 5.32 Å². The van der Waals surface area contributed by atoms with Crippen LogP contribution in [0.5, 0.6) is 0 Å². The van der Waals surface area contributed by atoms with E-state index in [1.807, 2.05) is 12.1 Å². The molecule has 0 fully saturated rings. The van der Waals surface area contributed by atoms with Gasteiger partial charge in [-0.2, -0.15) is 0 Å². The van der Waals surface area contributed by atoms with Gasteiger partial charge in [-0.1, -0.05) is 12.8 Å². The van der Waals surface area contributed by atoms with E-state index in [9.17, 15) is 14.4 Å². The lowest BCUT2D eigenvalue weighted by atomic mass is 10.00. The number of hydrogen-bond acceptors (Lipinski definition) is 6. The third-order valence-corrected chi connectivity index (χ3v) is 7.12. The lowest BCUT2D eigenvalue weighted by Crippen LogP contribution is -2.22. The van der Waals surface area contributed by atoms with Gasteiger partial charge in [0.15, 0.2) is 6.61 Å². The van der Waals surface area contributed by atoms with E-state index in [0.717, 1.165) is 17.7 Å². The summed E-state index contributed by atoms with van der Waals surface area (Å²) in [7, 11) is 0. The number of carbonyl (C=O) groups is 3. The van der Waals surface area contributed by atoms with Crippen LogP contribution in [-0.4, -0.2) is 30.8 Å². The fourth-order valence-corrected chi connectivity index (χ4v) is 5.32. The Morgan fingerprint density at radius 1 is 1.04 bits per heavy atom. The highest BCUT2D eigenvalue weighted by molar-refractivity contribution is 7.14. The standard InChI is InChI=1S/C21H25NO4S2/c1-14(23)22-11-10-16-8-9-19(27-16)17(24)13-26-21(25)20-12-15-6-4-2-3-5-7-18(15)28-20/h8-9,12H,2-7,10-11,13H2,1H3,(H,22,23). The fourth-order valence-electron chi connectivity index (χ4n) is 3.24. The van der Waals surface area contributed by atoms with Crippen molar-refractivity contribution in [2.45, 2.75) is 51.9 Å². The van der Waals surface area contributed by atoms with E-state index in [1.165, 1.54) is 65.7 Å². The van der Waals surface area contributed by atoms with Crippen LogP contribution in [0.2, 0.25) is 0 Å². The van der Waals surface area contributed by atoms with E-state index in [-0.39, 0.29) is 18.3 Å². The molecule has 0 unspecified atom stereocenters. The van der Waals surface area contributed by atoms with Crippen LogP contribution in [0.15, 0.2) is 18.2 Å². The third kappa shape index (κ3) is 5.75. The smallest absolute Gasteiger partial charge is 0.348 e. The van der Waals surface area contributed by atoms with Crippen LogP contribution in [0.1, 0.15) is 67.3 Å². The van der Waals surface area contributed by atoms with Crippen molar-refractivity contribution < 1.29 is 19.1 Å². The summed E-state index contributed by atoms with van der Waals surface area (Å²) in [6, 6.07) is 5.57. The lowest BCUT2D eigenvalue weighted by Gasteiger charge is -2.07. The number of amides is 1. The second kappa shape index (κ2) is 9.98. The van der Waals surface area contributed by atoms with E-state index in [2.05, 4.69) is 5.32 Å². The Morgan fingerprint density at radius 2 is 1.82 bits per heavy atom. The number of rotatable bonds is 7. The fraction of sp³-hybridized carbons (Fsp3) is 0.476. The van der Waals surface area contributed by atoms with Crippen molar-refractivity contribution >= 4 is 40.3 Å². The zero-order chi connectivity index (χ0) is 19.9. The normalized spacial score (nSPS) is 13.9. The molecule has 150 valence electrons. The second-order valence-electron chi connectivity index (χ2n) is 6.97. The number of carbonyl (C=O) groups excluding carboxylic acids is 3. The van der Waals surface area contributed by atoms with Crippen LogP contribution in [0.3, 0.4) is 0 Å². The Kier molecular flexibility index (Phi) is 7.39. The molecule has 0 saturated heterocycles. The second-order valence-corrected chi connectivity index (χ2v) is 9.28. The maximum absolute atomic E-state index is 12.4. The highest BCUT2D eigenvalue weighted by atomic mass is 32.1. The minimum Gasteiger partial charge on any atom is -0.453 e. The summed E-state index contributed by atoms with van der Waals surface area (Å²) in [5, 5.41) is 2.73. The van der Waals surface area contributed by atoms with E-state index < -0.39 is 5.97 Å². The Balaban J connectivity index is 1.51. The van der Waals surface area contributed by atoms with Crippen molar-refractivity contribution in [3.8, 4) is 0 Å². The molecule has 0 bridgehead atoms. The first kappa shape index (κ1) is 20.7. The number of ether oxygens (including phenoxy) is 1. The molecule has 0 radical (unpaired) electrons. The summed E-state index contributed by atoms with van der Waals surface area (Å²) in [5.41, 5.74) is 1.27. The van der Waals surface area contributed by atoms with Gasteiger partial charge in [0.25, 0.3) is 0 Å². The number of ketones is 1. The zero-order valence-corrected chi connectivity index (χ0v) is 17.7. The molecule has 0 spiro atoms. The van der Waals surface area contributed by atoms with E-state index in [0.29, 0.717) is 22.7 Å². The van der Waals surface area contributed by atoms with E-state index in [4.69, 9.17) is 4.74 Å². The van der Waals surface area contributed by atoms with Gasteiger partial charge in [-0.25, -0.2) is 4.79 Å². The summed E-state index contributed by atoms with van der Waals surface area (Å²) >= 11 is 2.89. The average molecular weight is 420 g/mol. The lowest BCUT2D eigenvalue weighted by molar-refractivity contribution is -0.118. The largest absolute Gasteiger partial charge is 0.453 e. The predicted octanol–water partition coefficient (Wildman–Crippen LogP) is 4.19. The van der Waals surface area contributed by atoms with Gasteiger partial charge in [-0.05, 0) is 55.9 Å². The van der Waals surface area contributed by atoms with Crippen LogP contribution >= 0.6 is 22.7 Å². The van der Waals surface area contributed by atoms with Crippen molar-refractivity contribution in [2.24, 2.45) is 0 Å². The average Bonchev–Trinajstić information content (AvgIpc) is 3.26. The molecule has 3 rings (SSSR count). The summed E-state index contributed by atoms with van der Waals surface area (Å²) in [4.78, 5) is 39.1. The molecule has 7 heteroatoms. The van der Waals surface area contributed by atoms with Gasteiger partial charge in [0.2, 0.25) is 11.7 Å². The summed E-state index contributed by atoms with van der Waals surface area (Å²) in [6.07, 6.45) is 7.56. The Morgan fingerprint density at radius 3 is 2.61 bits per heavy atom. The number of thiophene rings is 2. The molecule has 0 atom stereocenters. The molecule has 1 aliphatic rings. The maximum atomic E-state index is 12.4. The van der Waals surface area contributed by atoms with E-state index >= 15 is 0 Å². The molecule has 0 aliphatic heterocycles. The molecule has 1 aliphatic carbocycles. The summed E-state index contributed by atoms with van der Waals surface area (Å²) in [6.45, 7) is 1.78. The Labute approximate surface area is 173 Å². The van der Waals surface area contributed by atoms with Crippen molar-refractivity contribution in [3.05, 3.63) is 43.3 Å². The monoisotopic (exact) mass is 419 g/mol. The minimum absolute atomic E-state index is 0.0683. The zero-order valence-electron chi connectivity index (χ0n) is 16.0. The van der Waals surface area contributed by atoms with Crippen LogP contribution in [0.4, 0.5) is 0 Å². The number of Topliss-reactive ketones (excluding diaryl/α,β-unsaturated/α-hetero) is 1. The van der Waals surface area contributed by atoms with Gasteiger partial charge in [0, 0.05) is 23.2 Å². The molecule has 1 amide bonds. The van der Waals surface area contributed by atoms with E-state index in [1.54, 1.807) is 6.07 Å². The Bertz CT molecular complexity index is 827. The number of nitrogens with one attached hydrogen (secondary N) is 1. The van der Waals surface area contributed by atoms with Gasteiger partial charge in [0.05, 0.1) is 4.88 Å². The molecular weight excluding hydrogens is 394 g/mol. The molecule has 5 nitrogen and oxygen atoms in total. The highest BCUT2D eigenvalue weighted by Crippen LogP contribution is 2.29. The van der Waals surface area contributed by atoms with Gasteiger partial charge in [-0.3, -0.25) is 9.59 Å². The molecule has 1 N–H and O–H groups in total. The van der Waals surface area contributed by atoms with Gasteiger partial charge < -0.3 is 10.1 Å². The predicted molar refractivity (Wildman–Crippen MR) is 112 cm³/mol. The van der Waals surface area contributed by atoms with Crippen LogP contribution in [0.25, 0.3) is 0 Å². The van der Waals surface area contributed by atoms with Gasteiger partial charge >= 0.3 is 5.97 Å². The van der Waals surface area contributed by atoms with Crippen molar-refractivity contribution in [2.75, 3.05) is 13.2 Å². The Hall–Kier alpha value is -1.99. The number of esters is 1. The highest BCUT2D eigenvalue weighted by Gasteiger charge is 2.19. The first-order valence-corrected chi connectivity index (χ1v) is 11.3. The number of aryl methyl sites for hydroxylation is 2. The molecule has 0 saturated carbocycles. The molecule has 2 heterocycles. The van der Waals surface area contributed by atoms with Crippen molar-refractivity contribution in [1.82, 2.24) is 5.32 Å². The summed E-state index contributed by atoms with van der Waals surface area (Å²) < 4.78 is 5.28. The van der Waals surface area contributed by atoms with Crippen LogP contribution in [0, 0.1) is 0 Å². The van der Waals surface area contributed by atoms with Gasteiger partial charge in [-0.15, -0.1) is 22.7 Å². The maximum Gasteiger partial charge on any atom is 0.348 e. The topological polar surface area (TPSA) is 72.5 Å². The molecule has 2 aromatic heterocycles. The first-order valence-electron chi connectivity index (χ1n) is 9.68. The summed E-state index contributed by atoms with van der Waals surface area (Å²) in [5.74, 6) is -0.673. The molecule has 2 aromatic rings.